The van der Waals surface area contributed by atoms with Crippen LogP contribution in [-0.2, 0) is 68.1 Å². The third kappa shape index (κ3) is 12.0. The van der Waals surface area contributed by atoms with Crippen LogP contribution in [0.1, 0.15) is 176 Å². The summed E-state index contributed by atoms with van der Waals surface area (Å²) in [6, 6.07) is 16.0. The number of fused-ring (bicyclic) bond motifs is 5. The number of hydrogen-bond donors (Lipinski definition) is 9. The highest BCUT2D eigenvalue weighted by atomic mass is 35.5. The van der Waals surface area contributed by atoms with Gasteiger partial charge in [0.05, 0.1) is 65.3 Å². The predicted octanol–water partition coefficient (Wildman–Crippen LogP) is 7.26. The smallest absolute Gasteiger partial charge is 0.293 e. The quantitative estimate of drug-likeness (QED) is 0.0301. The second-order valence-corrected chi connectivity index (χ2v) is 26.9. The molecule has 4 fully saturated rings. The summed E-state index contributed by atoms with van der Waals surface area (Å²) in [6.45, 7) is 10.2. The summed E-state index contributed by atoms with van der Waals surface area (Å²) >= 11 is 5.92. The number of anilines is 3. The van der Waals surface area contributed by atoms with E-state index >= 15 is 0 Å². The lowest BCUT2D eigenvalue weighted by Crippen LogP contribution is -2.60. The minimum Gasteiger partial charge on any atom is -0.376 e. The summed E-state index contributed by atoms with van der Waals surface area (Å²) in [7, 11) is 0. The number of aromatic nitrogens is 12. The summed E-state index contributed by atoms with van der Waals surface area (Å²) in [5, 5.41) is 48.0. The number of rotatable bonds is 18. The zero-order valence-corrected chi connectivity index (χ0v) is 55.6. The van der Waals surface area contributed by atoms with Crippen molar-refractivity contribution in [3.8, 4) is 0 Å². The lowest BCUT2D eigenvalue weighted by molar-refractivity contribution is -0.130. The molecule has 0 unspecified atom stereocenters. The molecule has 4 aliphatic heterocycles. The van der Waals surface area contributed by atoms with E-state index in [0.717, 1.165) is 36.6 Å². The van der Waals surface area contributed by atoms with E-state index in [1.807, 2.05) is 40.3 Å². The maximum atomic E-state index is 14.1. The SMILES string of the molecule is Cc1c(C(=O)C(=O)NC2(c3cn[nH]n3)CC2)c2n(c1C(=O)Nc1cc(Cl)ccc1F)CCC2.Cc1ccc(NC(=O)c2c(C)c(C(=O)C(=O)NC3(c4cn[nH]n4)COC3)c3n2[C@@H]2C[C@@H]2C3)cc1F.Cc1cccc(NC(=O)c2c(C)c(C(=O)C(=O)NC3(c4cn[nH]n4)CC3)c3n2CCC3)c1. The van der Waals surface area contributed by atoms with Crippen LogP contribution in [0.4, 0.5) is 25.8 Å². The first-order chi connectivity index (χ1) is 48.0. The molecule has 3 aliphatic carbocycles. The molecular weight excluding hydrogens is 1310 g/mol. The summed E-state index contributed by atoms with van der Waals surface area (Å²) in [5.41, 5.74) is 7.16. The van der Waals surface area contributed by atoms with Gasteiger partial charge >= 0.3 is 0 Å². The Labute approximate surface area is 572 Å². The molecule has 9 N–H and O–H groups in total. The molecule has 0 radical (unpaired) electrons. The highest BCUT2D eigenvalue weighted by molar-refractivity contribution is 6.45. The Hall–Kier alpha value is -11.1. The highest BCUT2D eigenvalue weighted by Gasteiger charge is 2.53. The lowest BCUT2D eigenvalue weighted by Gasteiger charge is -2.39. The van der Waals surface area contributed by atoms with Crippen LogP contribution in [-0.4, -0.2) is 126 Å². The number of ketones is 3. The second-order valence-electron chi connectivity index (χ2n) is 26.5. The van der Waals surface area contributed by atoms with Gasteiger partial charge in [-0.1, -0.05) is 29.8 Å². The number of nitrogens with one attached hydrogen (secondary N) is 9. The fourth-order valence-electron chi connectivity index (χ4n) is 14.3. The van der Waals surface area contributed by atoms with Crippen molar-refractivity contribution in [1.29, 1.82) is 0 Å². The van der Waals surface area contributed by atoms with E-state index in [4.69, 9.17) is 16.3 Å². The van der Waals surface area contributed by atoms with Crippen molar-refractivity contribution in [3.05, 3.63) is 192 Å². The number of aromatic amines is 3. The van der Waals surface area contributed by atoms with Crippen molar-refractivity contribution in [2.75, 3.05) is 29.2 Å². The predicted molar refractivity (Wildman–Crippen MR) is 353 cm³/mol. The average molecular weight is 1380 g/mol. The zero-order chi connectivity index (χ0) is 70.3. The molecule has 3 aromatic carbocycles. The molecule has 0 spiro atoms. The van der Waals surface area contributed by atoms with Crippen LogP contribution >= 0.6 is 11.6 Å². The number of nitrogens with zero attached hydrogens (tertiary/aromatic N) is 9. The van der Waals surface area contributed by atoms with Gasteiger partial charge in [0.2, 0.25) is 0 Å². The van der Waals surface area contributed by atoms with E-state index in [-0.39, 0.29) is 52.7 Å². The number of Topliss-reactive ketones (excluding diaryl/α,β-unsaturated/α-hetero) is 3. The van der Waals surface area contributed by atoms with Crippen molar-refractivity contribution in [2.45, 2.75) is 135 Å². The summed E-state index contributed by atoms with van der Waals surface area (Å²) in [6.07, 6.45) is 11.6. The average Bonchev–Trinajstić information content (AvgIpc) is 1.58. The molecule has 7 aliphatic rings. The zero-order valence-electron chi connectivity index (χ0n) is 54.8. The first-order valence-electron chi connectivity index (χ1n) is 32.7. The van der Waals surface area contributed by atoms with Crippen molar-refractivity contribution < 1.29 is 56.7 Å². The van der Waals surface area contributed by atoms with Crippen LogP contribution in [0, 0.1) is 52.2 Å². The van der Waals surface area contributed by atoms with E-state index in [1.165, 1.54) is 30.6 Å². The molecule has 514 valence electrons. The van der Waals surface area contributed by atoms with Gasteiger partial charge in [0.1, 0.15) is 51.3 Å². The van der Waals surface area contributed by atoms with Crippen LogP contribution in [0.5, 0.6) is 0 Å². The molecule has 6 aromatic heterocycles. The summed E-state index contributed by atoms with van der Waals surface area (Å²) in [5.74, 6) is -6.24. The van der Waals surface area contributed by atoms with E-state index in [1.54, 1.807) is 50.6 Å². The molecule has 10 heterocycles. The maximum absolute atomic E-state index is 14.1. The lowest BCUT2D eigenvalue weighted by atomic mass is 9.92. The van der Waals surface area contributed by atoms with Gasteiger partial charge in [-0.25, -0.2) is 8.78 Å². The largest absolute Gasteiger partial charge is 0.376 e. The van der Waals surface area contributed by atoms with Gasteiger partial charge < -0.3 is 50.3 Å². The molecule has 9 aromatic rings. The van der Waals surface area contributed by atoms with Gasteiger partial charge in [0, 0.05) is 52.6 Å². The molecule has 6 amide bonds. The Morgan fingerprint density at radius 1 is 0.550 bits per heavy atom. The van der Waals surface area contributed by atoms with Gasteiger partial charge in [-0.2, -0.15) is 46.2 Å². The summed E-state index contributed by atoms with van der Waals surface area (Å²) < 4.78 is 38.9. The third-order valence-corrected chi connectivity index (χ3v) is 20.1. The first kappa shape index (κ1) is 66.1. The van der Waals surface area contributed by atoms with Crippen LogP contribution < -0.4 is 31.9 Å². The molecule has 100 heavy (non-hydrogen) atoms. The highest BCUT2D eigenvalue weighted by Crippen LogP contribution is 2.55. The molecular formula is C69H67ClF2N18O10. The van der Waals surface area contributed by atoms with Gasteiger partial charge in [-0.3, -0.25) is 43.2 Å². The van der Waals surface area contributed by atoms with Crippen LogP contribution in [0.25, 0.3) is 0 Å². The van der Waals surface area contributed by atoms with Crippen LogP contribution in [0.2, 0.25) is 5.02 Å². The van der Waals surface area contributed by atoms with Gasteiger partial charge in [0.15, 0.2) is 0 Å². The molecule has 31 heteroatoms. The minimum absolute atomic E-state index is 0.0608. The maximum Gasteiger partial charge on any atom is 0.293 e. The minimum atomic E-state index is -0.922. The number of carbonyl (C=O) groups excluding carboxylic acids is 9. The molecule has 3 saturated carbocycles. The standard InChI is InChI=1S/C24H23FN6O4.C23H24N6O3.C22H20ClFN6O3/c1-11-3-4-14(7-15(11)25)27-22(33)20-12(2)19(17-6-13-5-16(13)31(17)20)21(32)23(34)28-24(9-35-10-24)18-8-26-30-29-18;1-13-5-3-6-15(11-13)25-21(31)19-14(2)18(16-7-4-10-29(16)19)20(30)22(32)26-23(8-9-23)17-12-24-28-27-17;1-11-17(19(31)21(33)27-22(6-7-22)16-10-25-29-28-16)15-3-2-8-30(15)18(11)20(32)26-14-9-12(23)4-5-13(14)24/h3-4,7-8,13,16H,5-6,9-10H2,1-2H3,(H,27,33)(H,28,34)(H,26,29,30);3,5-6,11-12H,4,7-10H2,1-2H3,(H,25,31)(H,26,32)(H,24,27,28);4-5,9-10H,2-3,6-8H2,1H3,(H,26,32)(H,27,33)(H,25,28,29)/t13-,16-;;/m1../s1. The van der Waals surface area contributed by atoms with E-state index < -0.39 is 75.1 Å². The fourth-order valence-corrected chi connectivity index (χ4v) is 14.5. The number of carbonyl (C=O) groups is 9. The molecule has 1 saturated heterocycles. The van der Waals surface area contributed by atoms with Crippen molar-refractivity contribution in [1.82, 2.24) is 75.9 Å². The van der Waals surface area contributed by atoms with E-state index in [9.17, 15) is 51.9 Å². The number of amides is 6. The Balaban J connectivity index is 0.000000128. The van der Waals surface area contributed by atoms with Crippen molar-refractivity contribution in [3.63, 3.8) is 0 Å². The number of hydrogen-bond acceptors (Lipinski definition) is 16. The fraction of sp³-hybridized carbons (Fsp3) is 0.348. The number of ether oxygens (including phenoxy) is 1. The molecule has 2 atom stereocenters. The number of halogens is 3. The topological polar surface area (TPSA) is 375 Å². The van der Waals surface area contributed by atoms with E-state index in [2.05, 4.69) is 78.1 Å². The third-order valence-electron chi connectivity index (χ3n) is 19.8. The van der Waals surface area contributed by atoms with Gasteiger partial charge in [0.25, 0.3) is 52.8 Å². The first-order valence-corrected chi connectivity index (χ1v) is 33.0. The number of benzene rings is 3. The molecule has 16 rings (SSSR count). The van der Waals surface area contributed by atoms with Gasteiger partial charge in [-0.15, -0.1) is 0 Å². The Morgan fingerprint density at radius 2 is 1.03 bits per heavy atom. The monoisotopic (exact) mass is 1380 g/mol. The van der Waals surface area contributed by atoms with Gasteiger partial charge in [-0.05, 0) is 175 Å². The molecule has 28 nitrogen and oxygen atoms in total. The number of H-pyrrole nitrogens is 3. The van der Waals surface area contributed by atoms with Crippen LogP contribution in [0.3, 0.4) is 0 Å². The Kier molecular flexibility index (Phi) is 16.9. The van der Waals surface area contributed by atoms with Crippen molar-refractivity contribution in [2.24, 2.45) is 5.92 Å². The Morgan fingerprint density at radius 3 is 1.51 bits per heavy atom. The number of aryl methyl sites for hydroxylation is 2. The van der Waals surface area contributed by atoms with Crippen molar-refractivity contribution >= 4 is 81.5 Å². The van der Waals surface area contributed by atoms with E-state index in [0.29, 0.717) is 143 Å². The summed E-state index contributed by atoms with van der Waals surface area (Å²) in [4.78, 5) is 118. The van der Waals surface area contributed by atoms with Crippen LogP contribution in [0.15, 0.2) is 79.3 Å². The second kappa shape index (κ2) is 25.6. The Bertz CT molecular complexity index is 4890. The molecule has 0 bridgehead atoms. The normalized spacial score (nSPS) is 17.6.